The summed E-state index contributed by atoms with van der Waals surface area (Å²) in [5.74, 6) is 1.03. The molecule has 0 radical (unpaired) electrons. The van der Waals surface area contributed by atoms with E-state index in [1.165, 1.54) is 25.7 Å². The highest BCUT2D eigenvalue weighted by molar-refractivity contribution is 5.85. The molecule has 1 aliphatic carbocycles. The number of carbonyl (C=O) groups excluding carboxylic acids is 2. The van der Waals surface area contributed by atoms with Gasteiger partial charge in [0.25, 0.3) is 5.91 Å². The van der Waals surface area contributed by atoms with Gasteiger partial charge in [-0.15, -0.1) is 12.4 Å². The first-order valence-corrected chi connectivity index (χ1v) is 11.0. The van der Waals surface area contributed by atoms with E-state index in [4.69, 9.17) is 0 Å². The zero-order valence-corrected chi connectivity index (χ0v) is 18.0. The van der Waals surface area contributed by atoms with Gasteiger partial charge in [-0.05, 0) is 57.2 Å². The lowest BCUT2D eigenvalue weighted by molar-refractivity contribution is -0.143. The molecule has 162 valence electrons. The van der Waals surface area contributed by atoms with E-state index in [0.717, 1.165) is 45.4 Å². The van der Waals surface area contributed by atoms with Crippen molar-refractivity contribution in [3.63, 3.8) is 0 Å². The SMILES string of the molecule is Cl.O=C(CC1CCCC1)N1CCCN(C(=O)C2(n3cccn3)CCNCC2)CC1. The fourth-order valence-electron chi connectivity index (χ4n) is 5.16. The molecule has 1 saturated carbocycles. The van der Waals surface area contributed by atoms with Crippen molar-refractivity contribution in [1.29, 1.82) is 0 Å². The Bertz CT molecular complexity index is 669. The van der Waals surface area contributed by atoms with Crippen LogP contribution in [0.2, 0.25) is 0 Å². The lowest BCUT2D eigenvalue weighted by atomic mass is 9.86. The molecule has 1 N–H and O–H groups in total. The minimum Gasteiger partial charge on any atom is -0.341 e. The second-order valence-electron chi connectivity index (χ2n) is 8.61. The van der Waals surface area contributed by atoms with E-state index < -0.39 is 5.54 Å². The number of carbonyl (C=O) groups is 2. The molecule has 0 aromatic carbocycles. The Morgan fingerprint density at radius 3 is 2.38 bits per heavy atom. The van der Waals surface area contributed by atoms with Crippen LogP contribution in [0.25, 0.3) is 0 Å². The highest BCUT2D eigenvalue weighted by atomic mass is 35.5. The molecular weight excluding hydrogens is 390 g/mol. The predicted octanol–water partition coefficient (Wildman–Crippen LogP) is 2.02. The Hall–Kier alpha value is -1.60. The van der Waals surface area contributed by atoms with Crippen LogP contribution in [0.4, 0.5) is 0 Å². The Kier molecular flexibility index (Phi) is 7.57. The summed E-state index contributed by atoms with van der Waals surface area (Å²) in [6, 6.07) is 1.89. The van der Waals surface area contributed by atoms with Crippen LogP contribution in [0.3, 0.4) is 0 Å². The Balaban J connectivity index is 0.00000240. The quantitative estimate of drug-likeness (QED) is 0.804. The van der Waals surface area contributed by atoms with Crippen molar-refractivity contribution in [3.05, 3.63) is 18.5 Å². The minimum absolute atomic E-state index is 0. The molecule has 8 heteroatoms. The van der Waals surface area contributed by atoms with E-state index >= 15 is 0 Å². The first kappa shape index (κ1) is 22.1. The third-order valence-corrected chi connectivity index (χ3v) is 6.85. The molecule has 0 spiro atoms. The number of rotatable bonds is 4. The van der Waals surface area contributed by atoms with Crippen LogP contribution in [-0.2, 0) is 15.1 Å². The molecule has 3 aliphatic rings. The Morgan fingerprint density at radius 2 is 1.69 bits per heavy atom. The smallest absolute Gasteiger partial charge is 0.250 e. The third kappa shape index (κ3) is 4.77. The summed E-state index contributed by atoms with van der Waals surface area (Å²) >= 11 is 0. The largest absolute Gasteiger partial charge is 0.341 e. The van der Waals surface area contributed by atoms with Gasteiger partial charge in [0.05, 0.1) is 0 Å². The average molecular weight is 424 g/mol. The molecular formula is C21H34ClN5O2. The van der Waals surface area contributed by atoms with Crippen molar-refractivity contribution in [3.8, 4) is 0 Å². The van der Waals surface area contributed by atoms with Gasteiger partial charge in [0.15, 0.2) is 0 Å². The van der Waals surface area contributed by atoms with Gasteiger partial charge in [0.2, 0.25) is 5.91 Å². The highest BCUT2D eigenvalue weighted by Gasteiger charge is 2.44. The lowest BCUT2D eigenvalue weighted by Crippen LogP contribution is -2.56. The molecule has 0 bridgehead atoms. The highest BCUT2D eigenvalue weighted by Crippen LogP contribution is 2.31. The van der Waals surface area contributed by atoms with Gasteiger partial charge in [-0.2, -0.15) is 5.10 Å². The fourth-order valence-corrected chi connectivity index (χ4v) is 5.16. The Labute approximate surface area is 179 Å². The standard InChI is InChI=1S/C21H33N5O2.ClH/c27-19(17-18-5-1-2-6-18)24-12-4-13-25(16-15-24)20(28)21(7-10-22-11-8-21)26-14-3-9-23-26;/h3,9,14,18,22H,1-2,4-8,10-13,15-17H2;1H. The molecule has 1 aromatic heterocycles. The number of amides is 2. The van der Waals surface area contributed by atoms with Crippen LogP contribution < -0.4 is 5.32 Å². The topological polar surface area (TPSA) is 70.5 Å². The van der Waals surface area contributed by atoms with Gasteiger partial charge in [0.1, 0.15) is 5.54 Å². The van der Waals surface area contributed by atoms with Crippen LogP contribution in [0.5, 0.6) is 0 Å². The van der Waals surface area contributed by atoms with Crippen LogP contribution in [-0.4, -0.2) is 70.7 Å². The molecule has 7 nitrogen and oxygen atoms in total. The number of aromatic nitrogens is 2. The van der Waals surface area contributed by atoms with Crippen LogP contribution in [0.1, 0.15) is 51.4 Å². The second-order valence-corrected chi connectivity index (χ2v) is 8.61. The van der Waals surface area contributed by atoms with Crippen molar-refractivity contribution in [2.45, 2.75) is 56.9 Å². The van der Waals surface area contributed by atoms with E-state index in [2.05, 4.69) is 10.4 Å². The maximum atomic E-state index is 13.6. The predicted molar refractivity (Wildman–Crippen MR) is 114 cm³/mol. The summed E-state index contributed by atoms with van der Waals surface area (Å²) < 4.78 is 1.87. The molecule has 0 unspecified atom stereocenters. The molecule has 1 aromatic rings. The summed E-state index contributed by atoms with van der Waals surface area (Å²) in [7, 11) is 0. The summed E-state index contributed by atoms with van der Waals surface area (Å²) in [6.07, 6.45) is 11.7. The Morgan fingerprint density at radius 1 is 1.00 bits per heavy atom. The number of halogens is 1. The van der Waals surface area contributed by atoms with Gasteiger partial charge >= 0.3 is 0 Å². The minimum atomic E-state index is -0.586. The van der Waals surface area contributed by atoms with Gasteiger partial charge < -0.3 is 15.1 Å². The average Bonchev–Trinajstić information content (AvgIpc) is 3.38. The van der Waals surface area contributed by atoms with Crippen molar-refractivity contribution in [2.24, 2.45) is 5.92 Å². The molecule has 0 atom stereocenters. The van der Waals surface area contributed by atoms with Gasteiger partial charge in [-0.25, -0.2) is 0 Å². The first-order chi connectivity index (χ1) is 13.7. The van der Waals surface area contributed by atoms with Gasteiger partial charge in [-0.1, -0.05) is 12.8 Å². The lowest BCUT2D eigenvalue weighted by Gasteiger charge is -2.40. The molecule has 29 heavy (non-hydrogen) atoms. The van der Waals surface area contributed by atoms with Crippen LogP contribution in [0.15, 0.2) is 18.5 Å². The normalized spacial score (nSPS) is 22.8. The zero-order chi connectivity index (χ0) is 19.4. The molecule has 2 saturated heterocycles. The summed E-state index contributed by atoms with van der Waals surface area (Å²) in [6.45, 7) is 4.43. The molecule has 3 fully saturated rings. The number of piperidine rings is 1. The summed E-state index contributed by atoms with van der Waals surface area (Å²) in [5, 5.41) is 7.79. The molecule has 3 heterocycles. The van der Waals surface area contributed by atoms with E-state index in [0.29, 0.717) is 25.4 Å². The van der Waals surface area contributed by atoms with Crippen molar-refractivity contribution >= 4 is 24.2 Å². The summed E-state index contributed by atoms with van der Waals surface area (Å²) in [4.78, 5) is 30.3. The second kappa shape index (κ2) is 9.94. The maximum absolute atomic E-state index is 13.6. The van der Waals surface area contributed by atoms with Crippen LogP contribution >= 0.6 is 12.4 Å². The number of nitrogens with one attached hydrogen (secondary N) is 1. The van der Waals surface area contributed by atoms with Crippen LogP contribution in [0, 0.1) is 5.92 Å². The molecule has 2 amide bonds. The number of nitrogens with zero attached hydrogens (tertiary/aromatic N) is 4. The van der Waals surface area contributed by atoms with Gasteiger partial charge in [0, 0.05) is 45.0 Å². The maximum Gasteiger partial charge on any atom is 0.250 e. The molecule has 4 rings (SSSR count). The van der Waals surface area contributed by atoms with Crippen molar-refractivity contribution in [1.82, 2.24) is 24.9 Å². The number of hydrogen-bond acceptors (Lipinski definition) is 4. The fraction of sp³-hybridized carbons (Fsp3) is 0.762. The number of hydrogen-bond donors (Lipinski definition) is 1. The van der Waals surface area contributed by atoms with E-state index in [1.807, 2.05) is 26.7 Å². The molecule has 2 aliphatic heterocycles. The summed E-state index contributed by atoms with van der Waals surface area (Å²) in [5.41, 5.74) is -0.586. The third-order valence-electron chi connectivity index (χ3n) is 6.85. The monoisotopic (exact) mass is 423 g/mol. The zero-order valence-electron chi connectivity index (χ0n) is 17.2. The van der Waals surface area contributed by atoms with E-state index in [9.17, 15) is 9.59 Å². The van der Waals surface area contributed by atoms with Gasteiger partial charge in [-0.3, -0.25) is 14.3 Å². The van der Waals surface area contributed by atoms with E-state index in [-0.39, 0.29) is 24.2 Å². The van der Waals surface area contributed by atoms with Crippen molar-refractivity contribution < 1.29 is 9.59 Å². The van der Waals surface area contributed by atoms with Crippen molar-refractivity contribution in [2.75, 3.05) is 39.3 Å². The first-order valence-electron chi connectivity index (χ1n) is 11.0. The van der Waals surface area contributed by atoms with E-state index in [1.54, 1.807) is 6.20 Å².